The second kappa shape index (κ2) is 19.1. The Balaban J connectivity index is 1.47. The highest BCUT2D eigenvalue weighted by atomic mass is 32.2. The summed E-state index contributed by atoms with van der Waals surface area (Å²) in [5.74, 6) is -4.26. The van der Waals surface area contributed by atoms with Crippen LogP contribution in [0.15, 0.2) is 54.7 Å². The molecule has 4 amide bonds. The molecule has 2 aromatic carbocycles. The van der Waals surface area contributed by atoms with Crippen molar-refractivity contribution in [3.63, 3.8) is 0 Å². The zero-order valence-corrected chi connectivity index (χ0v) is 32.6. The molecular formula is C39H52FN7O7S. The van der Waals surface area contributed by atoms with Gasteiger partial charge in [0.1, 0.15) is 42.0 Å². The van der Waals surface area contributed by atoms with Crippen molar-refractivity contribution in [2.75, 3.05) is 31.6 Å². The van der Waals surface area contributed by atoms with Crippen LogP contribution < -0.4 is 15.4 Å². The molecule has 3 heterocycles. The van der Waals surface area contributed by atoms with E-state index in [1.165, 1.54) is 22.9 Å². The standard InChI is InChI=1S/C39H52FN7O7S/c1-27(2)21-32-38(50)47-19-20-55(52,53)26-34(47)39(51)45(3)33(22-28-13-9-8-10-14-28)37(49)41-17-11-6-4-5-7-12-18-46-24-30(43-44-46)25-54-35-23-29(40)15-16-31(35)36(48)42-32/h8-10,13-16,23-24,27,32-34H,4-7,11-12,17-22,25-26H2,1-3H3,(H,41,49)(H,42,48)/t32-,33+,34-/m1/s1. The highest BCUT2D eigenvalue weighted by molar-refractivity contribution is 7.91. The monoisotopic (exact) mass is 781 g/mol. The van der Waals surface area contributed by atoms with Gasteiger partial charge in [0.15, 0.2) is 9.84 Å². The molecule has 2 bridgehead atoms. The lowest BCUT2D eigenvalue weighted by Crippen LogP contribution is -2.63. The van der Waals surface area contributed by atoms with Gasteiger partial charge in [0.25, 0.3) is 5.91 Å². The third-order valence-electron chi connectivity index (χ3n) is 9.96. The fourth-order valence-electron chi connectivity index (χ4n) is 6.94. The van der Waals surface area contributed by atoms with Crippen LogP contribution in [0.4, 0.5) is 4.39 Å². The summed E-state index contributed by atoms with van der Waals surface area (Å²) in [6.45, 7) is 4.42. The minimum absolute atomic E-state index is 0.0277. The number of carbonyl (C=O) groups excluding carboxylic acids is 4. The van der Waals surface area contributed by atoms with Crippen molar-refractivity contribution in [1.82, 2.24) is 35.4 Å². The minimum Gasteiger partial charge on any atom is -0.486 e. The third-order valence-corrected chi connectivity index (χ3v) is 11.6. The van der Waals surface area contributed by atoms with Crippen molar-refractivity contribution in [2.45, 2.75) is 96.5 Å². The Morgan fingerprint density at radius 2 is 1.67 bits per heavy atom. The zero-order valence-electron chi connectivity index (χ0n) is 31.8. The number of halogens is 1. The highest BCUT2D eigenvalue weighted by Crippen LogP contribution is 2.24. The Kier molecular flexibility index (Phi) is 14.4. The number of aromatic nitrogens is 3. The Morgan fingerprint density at radius 1 is 0.945 bits per heavy atom. The summed E-state index contributed by atoms with van der Waals surface area (Å²) in [5.41, 5.74) is 1.26. The number of amides is 4. The van der Waals surface area contributed by atoms with Crippen LogP contribution in [-0.2, 0) is 43.8 Å². The van der Waals surface area contributed by atoms with Gasteiger partial charge >= 0.3 is 0 Å². The maximum atomic E-state index is 14.5. The average Bonchev–Trinajstić information content (AvgIpc) is 3.61. The summed E-state index contributed by atoms with van der Waals surface area (Å²) in [6, 6.07) is 9.05. The maximum absolute atomic E-state index is 14.5. The molecule has 16 heteroatoms. The molecule has 55 heavy (non-hydrogen) atoms. The average molecular weight is 782 g/mol. The normalized spacial score (nSPS) is 22.6. The molecule has 2 aliphatic heterocycles. The maximum Gasteiger partial charge on any atom is 0.255 e. The summed E-state index contributed by atoms with van der Waals surface area (Å²) < 4.78 is 48.1. The lowest BCUT2D eigenvalue weighted by atomic mass is 10.00. The fraction of sp³-hybridized carbons (Fsp3) is 0.538. The first-order chi connectivity index (χ1) is 26.3. The van der Waals surface area contributed by atoms with Gasteiger partial charge < -0.3 is 25.2 Å². The molecule has 1 fully saturated rings. The second-order valence-electron chi connectivity index (χ2n) is 14.8. The van der Waals surface area contributed by atoms with Crippen LogP contribution in [-0.4, -0.2) is 107 Å². The first-order valence-electron chi connectivity index (χ1n) is 19.0. The molecule has 0 radical (unpaired) electrons. The van der Waals surface area contributed by atoms with Gasteiger partial charge in [0, 0.05) is 39.2 Å². The Bertz CT molecular complexity index is 1910. The number of aryl methyl sites for hydroxylation is 1. The van der Waals surface area contributed by atoms with Gasteiger partial charge in [-0.2, -0.15) is 0 Å². The molecule has 0 unspecified atom stereocenters. The number of nitrogens with zero attached hydrogens (tertiary/aromatic N) is 5. The van der Waals surface area contributed by atoms with Gasteiger partial charge in [-0.1, -0.05) is 75.1 Å². The van der Waals surface area contributed by atoms with Crippen LogP contribution in [0.3, 0.4) is 0 Å². The number of fused-ring (bicyclic) bond motifs is 4. The predicted molar refractivity (Wildman–Crippen MR) is 203 cm³/mol. The highest BCUT2D eigenvalue weighted by Gasteiger charge is 2.44. The summed E-state index contributed by atoms with van der Waals surface area (Å²) >= 11 is 0. The fourth-order valence-corrected chi connectivity index (χ4v) is 8.39. The lowest BCUT2D eigenvalue weighted by Gasteiger charge is -2.40. The Morgan fingerprint density at radius 3 is 2.42 bits per heavy atom. The number of likely N-dealkylation sites (N-methyl/N-ethyl adjacent to an activating group) is 1. The van der Waals surface area contributed by atoms with E-state index < -0.39 is 57.3 Å². The number of nitrogens with one attached hydrogen (secondary N) is 2. The third kappa shape index (κ3) is 11.6. The Hall–Kier alpha value is -4.86. The Labute approximate surface area is 322 Å². The minimum atomic E-state index is -3.75. The van der Waals surface area contributed by atoms with Gasteiger partial charge in [-0.25, -0.2) is 12.8 Å². The molecule has 0 spiro atoms. The van der Waals surface area contributed by atoms with Crippen LogP contribution in [0.2, 0.25) is 0 Å². The molecule has 1 aromatic heterocycles. The second-order valence-corrected chi connectivity index (χ2v) is 17.0. The van der Waals surface area contributed by atoms with E-state index in [1.807, 2.05) is 44.2 Å². The number of carbonyl (C=O) groups is 4. The van der Waals surface area contributed by atoms with Gasteiger partial charge in [-0.3, -0.25) is 23.9 Å². The number of sulfone groups is 1. The number of benzene rings is 2. The molecule has 5 rings (SSSR count). The predicted octanol–water partition coefficient (Wildman–Crippen LogP) is 3.31. The van der Waals surface area contributed by atoms with Crippen LogP contribution in [0.25, 0.3) is 0 Å². The number of ether oxygens (including phenoxy) is 1. The van der Waals surface area contributed by atoms with Crippen molar-refractivity contribution in [3.05, 3.63) is 77.4 Å². The van der Waals surface area contributed by atoms with Crippen molar-refractivity contribution in [3.8, 4) is 5.75 Å². The first-order valence-corrected chi connectivity index (χ1v) is 20.8. The van der Waals surface area contributed by atoms with E-state index in [4.69, 9.17) is 4.74 Å². The van der Waals surface area contributed by atoms with Gasteiger partial charge in [0.05, 0.1) is 23.3 Å². The van der Waals surface area contributed by atoms with E-state index in [2.05, 4.69) is 20.9 Å². The number of hydrogen-bond donors (Lipinski definition) is 2. The van der Waals surface area contributed by atoms with Crippen molar-refractivity contribution < 1.29 is 36.7 Å². The smallest absolute Gasteiger partial charge is 0.255 e. The summed E-state index contributed by atoms with van der Waals surface area (Å²) in [4.78, 5) is 58.9. The summed E-state index contributed by atoms with van der Waals surface area (Å²) in [5, 5.41) is 14.1. The summed E-state index contributed by atoms with van der Waals surface area (Å²) in [6.07, 6.45) is 7.53. The molecule has 2 N–H and O–H groups in total. The van der Waals surface area contributed by atoms with Crippen LogP contribution >= 0.6 is 0 Å². The van der Waals surface area contributed by atoms with Gasteiger partial charge in [-0.05, 0) is 42.9 Å². The van der Waals surface area contributed by atoms with Crippen molar-refractivity contribution in [2.24, 2.45) is 5.92 Å². The van der Waals surface area contributed by atoms with Crippen molar-refractivity contribution in [1.29, 1.82) is 0 Å². The van der Waals surface area contributed by atoms with E-state index in [-0.39, 0.29) is 54.9 Å². The molecular weight excluding hydrogens is 730 g/mol. The van der Waals surface area contributed by atoms with E-state index >= 15 is 0 Å². The largest absolute Gasteiger partial charge is 0.486 e. The van der Waals surface area contributed by atoms with Crippen LogP contribution in [0, 0.1) is 11.7 Å². The molecule has 0 aliphatic carbocycles. The molecule has 14 nitrogen and oxygen atoms in total. The molecule has 298 valence electrons. The van der Waals surface area contributed by atoms with E-state index in [1.54, 1.807) is 10.9 Å². The molecule has 2 aliphatic rings. The van der Waals surface area contributed by atoms with Gasteiger partial charge in [-0.15, -0.1) is 5.10 Å². The van der Waals surface area contributed by atoms with E-state index in [9.17, 15) is 32.0 Å². The van der Waals surface area contributed by atoms with Gasteiger partial charge in [0.2, 0.25) is 17.7 Å². The van der Waals surface area contributed by atoms with Crippen LogP contribution in [0.1, 0.15) is 80.4 Å². The lowest BCUT2D eigenvalue weighted by molar-refractivity contribution is -0.148. The first kappa shape index (κ1) is 41.3. The summed E-state index contributed by atoms with van der Waals surface area (Å²) in [7, 11) is -2.29. The number of hydrogen-bond acceptors (Lipinski definition) is 9. The van der Waals surface area contributed by atoms with E-state index in [0.29, 0.717) is 18.8 Å². The quantitative estimate of drug-likeness (QED) is 0.403. The molecule has 3 atom stereocenters. The van der Waals surface area contributed by atoms with Crippen molar-refractivity contribution >= 4 is 33.5 Å². The number of rotatable bonds is 4. The topological polar surface area (TPSA) is 173 Å². The van der Waals surface area contributed by atoms with Crippen LogP contribution in [0.5, 0.6) is 5.75 Å². The molecule has 3 aromatic rings. The molecule has 1 saturated heterocycles. The van der Waals surface area contributed by atoms with E-state index in [0.717, 1.165) is 56.2 Å². The SMILES string of the molecule is CC(C)C[C@H]1NC(=O)c2ccc(F)cc2OCc2cn(nn2)CCCCCCCCNC(=O)[C@H](Cc2ccccc2)N(C)C(=O)[C@H]2CS(=O)(=O)CCN2C1=O. The molecule has 0 saturated carbocycles. The zero-order chi connectivity index (χ0) is 39.5.